The second kappa shape index (κ2) is 12.3. The van der Waals surface area contributed by atoms with Gasteiger partial charge in [0.25, 0.3) is 5.91 Å². The Hall–Kier alpha value is -3.04. The van der Waals surface area contributed by atoms with Gasteiger partial charge in [-0.2, -0.15) is 10.2 Å². The molecular weight excluding hydrogens is 473 g/mol. The van der Waals surface area contributed by atoms with Crippen LogP contribution in [0.25, 0.3) is 0 Å². The van der Waals surface area contributed by atoms with Gasteiger partial charge in [0.05, 0.1) is 38.1 Å². The van der Waals surface area contributed by atoms with Crippen molar-refractivity contribution < 1.29 is 28.5 Å². The number of Topliss-reactive ketones (excluding diaryl/α,β-unsaturated/α-hetero) is 1. The third kappa shape index (κ3) is 6.72. The number of ketones is 1. The van der Waals surface area contributed by atoms with Crippen molar-refractivity contribution >= 4 is 46.3 Å². The van der Waals surface area contributed by atoms with E-state index < -0.39 is 17.7 Å². The summed E-state index contributed by atoms with van der Waals surface area (Å²) in [5.41, 5.74) is 0.461. The molecule has 0 radical (unpaired) electrons. The maximum Gasteiger partial charge on any atom is 0.258 e. The van der Waals surface area contributed by atoms with Crippen molar-refractivity contribution in [1.29, 1.82) is 0 Å². The van der Waals surface area contributed by atoms with Crippen molar-refractivity contribution in [3.05, 3.63) is 34.3 Å². The fourth-order valence-corrected chi connectivity index (χ4v) is 3.22. The van der Waals surface area contributed by atoms with Crippen LogP contribution in [0.15, 0.2) is 34.5 Å². The van der Waals surface area contributed by atoms with Gasteiger partial charge in [-0.25, -0.2) is 0 Å². The molecule has 0 aliphatic heterocycles. The Morgan fingerprint density at radius 2 is 1.64 bits per heavy atom. The summed E-state index contributed by atoms with van der Waals surface area (Å²) in [5, 5.41) is 11.2. The van der Waals surface area contributed by atoms with Gasteiger partial charge in [0.1, 0.15) is 17.2 Å². The number of ether oxygens (including phenoxy) is 4. The van der Waals surface area contributed by atoms with Gasteiger partial charge in [-0.3, -0.25) is 9.59 Å². The van der Waals surface area contributed by atoms with E-state index in [0.29, 0.717) is 41.2 Å². The lowest BCUT2D eigenvalue weighted by Crippen LogP contribution is -2.32. The molecule has 0 saturated carbocycles. The number of halogens is 2. The van der Waals surface area contributed by atoms with E-state index in [1.807, 2.05) is 0 Å². The first-order chi connectivity index (χ1) is 15.7. The SMILES string of the molecule is CCOc1cc(Cl)cc(NC(=O)C(N=Nc2cc(Cl)c(OC)cc2OC)C(C)=O)c1OCC. The number of rotatable bonds is 11. The van der Waals surface area contributed by atoms with Crippen molar-refractivity contribution in [3.8, 4) is 23.0 Å². The van der Waals surface area contributed by atoms with E-state index in [9.17, 15) is 9.59 Å². The lowest BCUT2D eigenvalue weighted by molar-refractivity contribution is -0.126. The van der Waals surface area contributed by atoms with Crippen LogP contribution < -0.4 is 24.3 Å². The minimum absolute atomic E-state index is 0.221. The van der Waals surface area contributed by atoms with E-state index in [-0.39, 0.29) is 16.4 Å². The van der Waals surface area contributed by atoms with Gasteiger partial charge in [-0.05, 0) is 32.9 Å². The Balaban J connectivity index is 2.38. The predicted octanol–water partition coefficient (Wildman–Crippen LogP) is 5.49. The number of azo groups is 1. The molecule has 0 aliphatic carbocycles. The number of hydrogen-bond acceptors (Lipinski definition) is 8. The molecule has 0 bridgehead atoms. The summed E-state index contributed by atoms with van der Waals surface area (Å²) in [4.78, 5) is 25.1. The molecule has 33 heavy (non-hydrogen) atoms. The molecule has 11 heteroatoms. The average Bonchev–Trinajstić information content (AvgIpc) is 2.76. The summed E-state index contributed by atoms with van der Waals surface area (Å²) in [6.45, 7) is 5.51. The highest BCUT2D eigenvalue weighted by Gasteiger charge is 2.26. The average molecular weight is 498 g/mol. The third-order valence-corrected chi connectivity index (χ3v) is 4.75. The standard InChI is InChI=1S/C22H25Cl2N3O6/c1-6-32-19-9-13(23)8-16(21(19)33-7-2)25-22(29)20(12(3)28)27-26-15-10-14(24)17(30-4)11-18(15)31-5/h8-11,20H,6-7H2,1-5H3,(H,25,29). The Morgan fingerprint density at radius 1 is 0.970 bits per heavy atom. The second-order valence-electron chi connectivity index (χ2n) is 6.52. The van der Waals surface area contributed by atoms with E-state index in [1.165, 1.54) is 39.3 Å². The molecule has 0 saturated heterocycles. The van der Waals surface area contributed by atoms with Crippen LogP contribution in [0.1, 0.15) is 20.8 Å². The van der Waals surface area contributed by atoms with Crippen LogP contribution in [0.3, 0.4) is 0 Å². The number of methoxy groups -OCH3 is 2. The molecular formula is C22H25Cl2N3O6. The first-order valence-electron chi connectivity index (χ1n) is 9.98. The van der Waals surface area contributed by atoms with Gasteiger partial charge in [-0.1, -0.05) is 23.2 Å². The van der Waals surface area contributed by atoms with Crippen molar-refractivity contribution in [1.82, 2.24) is 0 Å². The van der Waals surface area contributed by atoms with Crippen LogP contribution in [-0.2, 0) is 9.59 Å². The van der Waals surface area contributed by atoms with Gasteiger partial charge >= 0.3 is 0 Å². The minimum atomic E-state index is -1.44. The summed E-state index contributed by atoms with van der Waals surface area (Å²) in [7, 11) is 2.89. The fourth-order valence-electron chi connectivity index (χ4n) is 2.78. The van der Waals surface area contributed by atoms with Gasteiger partial charge in [0.15, 0.2) is 17.3 Å². The zero-order valence-electron chi connectivity index (χ0n) is 18.9. The molecule has 0 spiro atoms. The molecule has 1 unspecified atom stereocenters. The van der Waals surface area contributed by atoms with E-state index in [4.69, 9.17) is 42.1 Å². The zero-order chi connectivity index (χ0) is 24.5. The van der Waals surface area contributed by atoms with E-state index in [1.54, 1.807) is 19.9 Å². The Bertz CT molecular complexity index is 1050. The molecule has 2 aromatic rings. The molecule has 0 fully saturated rings. The topological polar surface area (TPSA) is 108 Å². The van der Waals surface area contributed by atoms with Crippen molar-refractivity contribution in [2.24, 2.45) is 10.2 Å². The number of nitrogens with one attached hydrogen (secondary N) is 1. The van der Waals surface area contributed by atoms with Gasteiger partial charge in [0.2, 0.25) is 6.04 Å². The highest BCUT2D eigenvalue weighted by Crippen LogP contribution is 2.40. The van der Waals surface area contributed by atoms with Crippen molar-refractivity contribution in [2.45, 2.75) is 26.8 Å². The van der Waals surface area contributed by atoms with Crippen LogP contribution in [0.4, 0.5) is 11.4 Å². The molecule has 1 atom stereocenters. The molecule has 2 aromatic carbocycles. The number of nitrogens with zero attached hydrogens (tertiary/aromatic N) is 2. The summed E-state index contributed by atoms with van der Waals surface area (Å²) >= 11 is 12.3. The summed E-state index contributed by atoms with van der Waals surface area (Å²) in [5.74, 6) is 0.0800. The van der Waals surface area contributed by atoms with E-state index in [0.717, 1.165) is 0 Å². The molecule has 2 rings (SSSR count). The number of benzene rings is 2. The quantitative estimate of drug-likeness (QED) is 0.324. The van der Waals surface area contributed by atoms with Gasteiger partial charge < -0.3 is 24.3 Å². The smallest absolute Gasteiger partial charge is 0.258 e. The van der Waals surface area contributed by atoms with E-state index in [2.05, 4.69) is 15.5 Å². The molecule has 1 N–H and O–H groups in total. The number of amides is 1. The third-order valence-electron chi connectivity index (χ3n) is 4.23. The Kier molecular flexibility index (Phi) is 9.74. The highest BCUT2D eigenvalue weighted by atomic mass is 35.5. The molecule has 178 valence electrons. The lowest BCUT2D eigenvalue weighted by atomic mass is 10.2. The Labute approximate surface area is 202 Å². The van der Waals surface area contributed by atoms with Crippen LogP contribution in [0, 0.1) is 0 Å². The zero-order valence-corrected chi connectivity index (χ0v) is 20.4. The Morgan fingerprint density at radius 3 is 2.21 bits per heavy atom. The maximum atomic E-state index is 12.9. The fraction of sp³-hybridized carbons (Fsp3) is 0.364. The predicted molar refractivity (Wildman–Crippen MR) is 126 cm³/mol. The number of hydrogen-bond donors (Lipinski definition) is 1. The monoisotopic (exact) mass is 497 g/mol. The van der Waals surface area contributed by atoms with Crippen molar-refractivity contribution in [2.75, 3.05) is 32.8 Å². The number of carbonyl (C=O) groups excluding carboxylic acids is 2. The summed E-state index contributed by atoms with van der Waals surface area (Å²) < 4.78 is 21.6. The molecule has 0 aliphatic rings. The molecule has 0 heterocycles. The number of carbonyl (C=O) groups is 2. The maximum absolute atomic E-state index is 12.9. The largest absolute Gasteiger partial charge is 0.495 e. The first-order valence-corrected chi connectivity index (χ1v) is 10.7. The summed E-state index contributed by atoms with van der Waals surface area (Å²) in [6, 6.07) is 4.60. The highest BCUT2D eigenvalue weighted by molar-refractivity contribution is 6.32. The molecule has 0 aromatic heterocycles. The minimum Gasteiger partial charge on any atom is -0.495 e. The van der Waals surface area contributed by atoms with Gasteiger partial charge in [0, 0.05) is 17.2 Å². The van der Waals surface area contributed by atoms with Crippen LogP contribution in [0.5, 0.6) is 23.0 Å². The summed E-state index contributed by atoms with van der Waals surface area (Å²) in [6.07, 6.45) is 0. The lowest BCUT2D eigenvalue weighted by Gasteiger charge is -2.17. The van der Waals surface area contributed by atoms with Crippen LogP contribution in [-0.4, -0.2) is 45.2 Å². The second-order valence-corrected chi connectivity index (χ2v) is 7.37. The first kappa shape index (κ1) is 26.2. The van der Waals surface area contributed by atoms with Crippen molar-refractivity contribution in [3.63, 3.8) is 0 Å². The van der Waals surface area contributed by atoms with Crippen LogP contribution >= 0.6 is 23.2 Å². The van der Waals surface area contributed by atoms with E-state index >= 15 is 0 Å². The van der Waals surface area contributed by atoms with Crippen LogP contribution in [0.2, 0.25) is 10.0 Å². The van der Waals surface area contributed by atoms with Gasteiger partial charge in [-0.15, -0.1) is 0 Å². The normalized spacial score (nSPS) is 11.7. The molecule has 1 amide bonds. The molecule has 9 nitrogen and oxygen atoms in total. The number of anilines is 1.